The van der Waals surface area contributed by atoms with Gasteiger partial charge in [0, 0.05) is 43.8 Å². The number of carbonyl (C=O) groups excluding carboxylic acids is 2. The number of likely N-dealkylation sites (tertiary alicyclic amines) is 2. The molecule has 0 aliphatic carbocycles. The van der Waals surface area contributed by atoms with Crippen LogP contribution in [0.1, 0.15) is 36.9 Å². The lowest BCUT2D eigenvalue weighted by atomic mass is 9.89. The van der Waals surface area contributed by atoms with Crippen LogP contribution in [0.25, 0.3) is 10.9 Å². The van der Waals surface area contributed by atoms with Gasteiger partial charge in [0.1, 0.15) is 0 Å². The van der Waals surface area contributed by atoms with E-state index in [-0.39, 0.29) is 11.9 Å². The molecule has 2 aromatic carbocycles. The predicted molar refractivity (Wildman–Crippen MR) is 152 cm³/mol. The van der Waals surface area contributed by atoms with Gasteiger partial charge in [0.2, 0.25) is 5.91 Å². The summed E-state index contributed by atoms with van der Waals surface area (Å²) in [5.41, 5.74) is 3.89. The largest absolute Gasteiger partial charge is 0.342 e. The number of amides is 3. The molecule has 200 valence electrons. The number of nitrogens with zero attached hydrogens (tertiary/aromatic N) is 3. The van der Waals surface area contributed by atoms with Gasteiger partial charge in [0.05, 0.1) is 17.1 Å². The van der Waals surface area contributed by atoms with E-state index in [0.29, 0.717) is 18.4 Å². The van der Waals surface area contributed by atoms with Gasteiger partial charge in [-0.1, -0.05) is 48.5 Å². The van der Waals surface area contributed by atoms with Crippen LogP contribution >= 0.6 is 0 Å². The smallest absolute Gasteiger partial charge is 0.319 e. The summed E-state index contributed by atoms with van der Waals surface area (Å²) < 4.78 is 0. The molecule has 3 aromatic rings. The van der Waals surface area contributed by atoms with Crippen molar-refractivity contribution in [2.45, 2.75) is 39.0 Å². The molecule has 0 saturated carbocycles. The minimum Gasteiger partial charge on any atom is -0.342 e. The number of piperidine rings is 2. The van der Waals surface area contributed by atoms with E-state index in [1.807, 2.05) is 37.3 Å². The predicted octanol–water partition coefficient (Wildman–Crippen LogP) is 4.86. The summed E-state index contributed by atoms with van der Waals surface area (Å²) in [4.78, 5) is 34.9. The second kappa shape index (κ2) is 12.4. The summed E-state index contributed by atoms with van der Waals surface area (Å²) in [7, 11) is 0. The third kappa shape index (κ3) is 6.70. The number of rotatable bonds is 7. The summed E-state index contributed by atoms with van der Waals surface area (Å²) in [6.07, 6.45) is 5.26. The molecular weight excluding hydrogens is 474 g/mol. The average molecular weight is 514 g/mol. The van der Waals surface area contributed by atoms with E-state index >= 15 is 0 Å². The SMILES string of the molecule is Cc1cc(NC(=O)NCCN2CCCC(C(=O)N3CCC(Cc4ccccc4)CC3)C2)c2ccccc2n1. The molecule has 3 heterocycles. The number of fused-ring (bicyclic) bond motifs is 1. The maximum atomic E-state index is 13.3. The first-order valence-corrected chi connectivity index (χ1v) is 14.0. The normalized spacial score (nSPS) is 18.9. The zero-order valence-corrected chi connectivity index (χ0v) is 22.4. The van der Waals surface area contributed by atoms with Crippen LogP contribution in [0.5, 0.6) is 0 Å². The maximum absolute atomic E-state index is 13.3. The van der Waals surface area contributed by atoms with Gasteiger partial charge in [0.25, 0.3) is 0 Å². The number of anilines is 1. The molecule has 2 N–H and O–H groups in total. The fourth-order valence-corrected chi connectivity index (χ4v) is 5.93. The number of para-hydroxylation sites is 1. The summed E-state index contributed by atoms with van der Waals surface area (Å²) in [6.45, 7) is 6.71. The van der Waals surface area contributed by atoms with Crippen LogP contribution in [-0.4, -0.2) is 66.0 Å². The summed E-state index contributed by atoms with van der Waals surface area (Å²) in [5.74, 6) is 1.04. The van der Waals surface area contributed by atoms with Crippen molar-refractivity contribution in [2.24, 2.45) is 11.8 Å². The number of hydrogen-bond acceptors (Lipinski definition) is 4. The lowest BCUT2D eigenvalue weighted by molar-refractivity contribution is -0.138. The van der Waals surface area contributed by atoms with Crippen molar-refractivity contribution in [3.8, 4) is 0 Å². The average Bonchev–Trinajstić information content (AvgIpc) is 2.94. The van der Waals surface area contributed by atoms with Gasteiger partial charge in [-0.3, -0.25) is 9.78 Å². The molecule has 1 aromatic heterocycles. The van der Waals surface area contributed by atoms with Gasteiger partial charge in [-0.15, -0.1) is 0 Å². The number of pyridine rings is 1. The van der Waals surface area contributed by atoms with Gasteiger partial charge in [-0.05, 0) is 69.2 Å². The number of benzene rings is 2. The molecule has 5 rings (SSSR count). The maximum Gasteiger partial charge on any atom is 0.319 e. The Labute approximate surface area is 225 Å². The van der Waals surface area contributed by atoms with Crippen LogP contribution in [0.4, 0.5) is 10.5 Å². The van der Waals surface area contributed by atoms with Crippen LogP contribution in [0.3, 0.4) is 0 Å². The number of nitrogens with one attached hydrogen (secondary N) is 2. The third-order valence-electron chi connectivity index (χ3n) is 7.95. The molecule has 2 aliphatic heterocycles. The van der Waals surface area contributed by atoms with Crippen LogP contribution in [0, 0.1) is 18.8 Å². The topological polar surface area (TPSA) is 77.6 Å². The zero-order valence-electron chi connectivity index (χ0n) is 22.4. The van der Waals surface area contributed by atoms with Gasteiger partial charge < -0.3 is 20.4 Å². The number of aryl methyl sites for hydroxylation is 1. The Hall–Kier alpha value is -3.45. The summed E-state index contributed by atoms with van der Waals surface area (Å²) >= 11 is 0. The highest BCUT2D eigenvalue weighted by Crippen LogP contribution is 2.26. The van der Waals surface area contributed by atoms with Crippen LogP contribution in [0.15, 0.2) is 60.7 Å². The Morgan fingerprint density at radius 2 is 1.74 bits per heavy atom. The van der Waals surface area contributed by atoms with Gasteiger partial charge in [-0.2, -0.15) is 0 Å². The van der Waals surface area contributed by atoms with Crippen molar-refractivity contribution in [1.82, 2.24) is 20.1 Å². The Morgan fingerprint density at radius 1 is 0.974 bits per heavy atom. The van der Waals surface area contributed by atoms with E-state index in [4.69, 9.17) is 0 Å². The zero-order chi connectivity index (χ0) is 26.3. The van der Waals surface area contributed by atoms with Gasteiger partial charge in [-0.25, -0.2) is 4.79 Å². The second-order valence-electron chi connectivity index (χ2n) is 10.8. The minimum absolute atomic E-state index is 0.0643. The third-order valence-corrected chi connectivity index (χ3v) is 7.95. The van der Waals surface area contributed by atoms with Crippen LogP contribution in [0.2, 0.25) is 0 Å². The van der Waals surface area contributed by atoms with E-state index < -0.39 is 0 Å². The quantitative estimate of drug-likeness (QED) is 0.473. The van der Waals surface area contributed by atoms with Crippen molar-refractivity contribution in [3.63, 3.8) is 0 Å². The number of carbonyl (C=O) groups is 2. The molecule has 2 saturated heterocycles. The van der Waals surface area contributed by atoms with Crippen molar-refractivity contribution < 1.29 is 9.59 Å². The molecule has 3 amide bonds. The highest BCUT2D eigenvalue weighted by atomic mass is 16.2. The van der Waals surface area contributed by atoms with E-state index in [1.165, 1.54) is 5.56 Å². The Kier molecular flexibility index (Phi) is 8.54. The fraction of sp³-hybridized carbons (Fsp3) is 0.452. The lowest BCUT2D eigenvalue weighted by Gasteiger charge is -2.38. The first-order chi connectivity index (χ1) is 18.5. The molecule has 7 nitrogen and oxygen atoms in total. The molecule has 0 bridgehead atoms. The lowest BCUT2D eigenvalue weighted by Crippen LogP contribution is -2.48. The molecule has 2 aliphatic rings. The molecule has 1 unspecified atom stereocenters. The second-order valence-corrected chi connectivity index (χ2v) is 10.8. The number of hydrogen-bond donors (Lipinski definition) is 2. The highest BCUT2D eigenvalue weighted by Gasteiger charge is 2.31. The summed E-state index contributed by atoms with van der Waals surface area (Å²) in [6, 6.07) is 20.2. The molecule has 0 spiro atoms. The fourth-order valence-electron chi connectivity index (χ4n) is 5.93. The van der Waals surface area contributed by atoms with Crippen molar-refractivity contribution in [1.29, 1.82) is 0 Å². The van der Waals surface area contributed by atoms with E-state index in [9.17, 15) is 9.59 Å². The van der Waals surface area contributed by atoms with Gasteiger partial charge in [0.15, 0.2) is 0 Å². The summed E-state index contributed by atoms with van der Waals surface area (Å²) in [5, 5.41) is 6.90. The molecule has 0 radical (unpaired) electrons. The van der Waals surface area contributed by atoms with E-state index in [1.54, 1.807) is 0 Å². The molecule has 1 atom stereocenters. The number of aromatic nitrogens is 1. The van der Waals surface area contributed by atoms with Crippen molar-refractivity contribution in [2.75, 3.05) is 44.6 Å². The minimum atomic E-state index is -0.219. The van der Waals surface area contributed by atoms with Crippen LogP contribution < -0.4 is 10.6 Å². The Morgan fingerprint density at radius 3 is 2.55 bits per heavy atom. The first-order valence-electron chi connectivity index (χ1n) is 14.0. The van der Waals surface area contributed by atoms with E-state index in [2.05, 4.69) is 55.7 Å². The Bertz CT molecular complexity index is 1240. The van der Waals surface area contributed by atoms with Crippen molar-refractivity contribution >= 4 is 28.5 Å². The van der Waals surface area contributed by atoms with Crippen LogP contribution in [-0.2, 0) is 11.2 Å². The standard InChI is InChI=1S/C31H39N5O2/c1-23-20-29(27-11-5-6-12-28(27)33-23)34-31(38)32-15-19-35-16-7-10-26(22-35)30(37)36-17-13-25(14-18-36)21-24-8-3-2-4-9-24/h2-6,8-9,11-12,20,25-26H,7,10,13-19,21-22H2,1H3,(H2,32,33,34,38). The molecular formula is C31H39N5O2. The van der Waals surface area contributed by atoms with Gasteiger partial charge >= 0.3 is 6.03 Å². The van der Waals surface area contributed by atoms with Crippen molar-refractivity contribution in [3.05, 3.63) is 71.9 Å². The highest BCUT2D eigenvalue weighted by molar-refractivity contribution is 6.00. The van der Waals surface area contributed by atoms with E-state index in [0.717, 1.165) is 87.1 Å². The molecule has 2 fully saturated rings. The number of urea groups is 1. The first kappa shape index (κ1) is 26.2. The molecule has 7 heteroatoms. The molecule has 38 heavy (non-hydrogen) atoms. The Balaban J connectivity index is 1.05. The monoisotopic (exact) mass is 513 g/mol.